The molecule has 0 amide bonds. The molecule has 1 fully saturated rings. The highest BCUT2D eigenvalue weighted by Crippen LogP contribution is 2.21. The van der Waals surface area contributed by atoms with Crippen molar-refractivity contribution in [1.82, 2.24) is 4.57 Å². The van der Waals surface area contributed by atoms with Crippen molar-refractivity contribution in [3.8, 4) is 0 Å². The molecule has 1 aromatic carbocycles. The molecular formula is C15H20ClNO2S2. The number of fused-ring (bicyclic) bond motifs is 1. The second-order valence-corrected chi connectivity index (χ2v) is 7.33. The number of ether oxygens (including phenoxy) is 1. The minimum atomic E-state index is 0. The zero-order valence-electron chi connectivity index (χ0n) is 12.0. The zero-order chi connectivity index (χ0) is 13.9. The van der Waals surface area contributed by atoms with Gasteiger partial charge in [-0.2, -0.15) is 11.8 Å². The van der Waals surface area contributed by atoms with Crippen LogP contribution >= 0.6 is 35.5 Å². The Kier molecular flexibility index (Phi) is 6.17. The molecule has 0 saturated carbocycles. The fourth-order valence-corrected chi connectivity index (χ4v) is 4.42. The Hall–Kier alpha value is -0.490. The van der Waals surface area contributed by atoms with Gasteiger partial charge in [0.1, 0.15) is 0 Å². The third kappa shape index (κ3) is 4.03. The van der Waals surface area contributed by atoms with E-state index in [4.69, 9.17) is 4.74 Å². The van der Waals surface area contributed by atoms with Crippen molar-refractivity contribution in [3.63, 3.8) is 0 Å². The largest absolute Gasteiger partial charge is 0.377 e. The molecule has 116 valence electrons. The van der Waals surface area contributed by atoms with Crippen LogP contribution in [0.15, 0.2) is 23.0 Å². The average Bonchev–Trinajstić information content (AvgIpc) is 2.75. The summed E-state index contributed by atoms with van der Waals surface area (Å²) in [5.41, 5.74) is 2.36. The molecule has 6 heteroatoms. The van der Waals surface area contributed by atoms with Crippen LogP contribution in [-0.4, -0.2) is 28.8 Å². The molecule has 0 radical (unpaired) electrons. The van der Waals surface area contributed by atoms with Gasteiger partial charge in [-0.05, 0) is 37.0 Å². The molecule has 0 spiro atoms. The van der Waals surface area contributed by atoms with Gasteiger partial charge in [0.25, 0.3) is 0 Å². The molecule has 1 aliphatic heterocycles. The summed E-state index contributed by atoms with van der Waals surface area (Å²) in [5.74, 6) is 2.28. The second kappa shape index (κ2) is 7.68. The maximum Gasteiger partial charge on any atom is 0.307 e. The van der Waals surface area contributed by atoms with Gasteiger partial charge in [-0.25, -0.2) is 0 Å². The van der Waals surface area contributed by atoms with Crippen LogP contribution in [0.5, 0.6) is 0 Å². The number of hydrogen-bond donors (Lipinski definition) is 0. The van der Waals surface area contributed by atoms with E-state index in [2.05, 4.69) is 18.2 Å². The van der Waals surface area contributed by atoms with Crippen molar-refractivity contribution in [3.05, 3.63) is 33.4 Å². The van der Waals surface area contributed by atoms with Gasteiger partial charge in [0.15, 0.2) is 0 Å². The first-order valence-corrected chi connectivity index (χ1v) is 8.99. The summed E-state index contributed by atoms with van der Waals surface area (Å²) in [7, 11) is 1.83. The summed E-state index contributed by atoms with van der Waals surface area (Å²) in [6, 6.07) is 6.37. The number of thioether (sulfide) groups is 1. The summed E-state index contributed by atoms with van der Waals surface area (Å²) in [5, 5.41) is 0. The Balaban J connectivity index is 0.00000161. The van der Waals surface area contributed by atoms with E-state index < -0.39 is 0 Å². The Bertz CT molecular complexity index is 647. The molecule has 0 bridgehead atoms. The molecule has 1 atom stereocenters. The molecule has 1 aliphatic rings. The molecule has 1 aromatic heterocycles. The van der Waals surface area contributed by atoms with E-state index in [1.54, 1.807) is 4.57 Å². The van der Waals surface area contributed by atoms with Crippen LogP contribution in [0, 0.1) is 0 Å². The van der Waals surface area contributed by atoms with Crippen molar-refractivity contribution < 1.29 is 4.74 Å². The number of aryl methyl sites for hydroxylation is 2. The molecule has 21 heavy (non-hydrogen) atoms. The molecule has 1 unspecified atom stereocenters. The first-order valence-electron chi connectivity index (χ1n) is 7.02. The predicted octanol–water partition coefficient (Wildman–Crippen LogP) is 3.48. The highest BCUT2D eigenvalue weighted by Gasteiger charge is 2.13. The molecule has 0 aliphatic carbocycles. The predicted molar refractivity (Wildman–Crippen MR) is 94.3 cm³/mol. The summed E-state index contributed by atoms with van der Waals surface area (Å²) in [4.78, 5) is 11.7. The number of benzene rings is 1. The van der Waals surface area contributed by atoms with Gasteiger partial charge >= 0.3 is 4.87 Å². The lowest BCUT2D eigenvalue weighted by molar-refractivity contribution is 0.0684. The number of hydrogen-bond acceptors (Lipinski definition) is 4. The van der Waals surface area contributed by atoms with Crippen molar-refractivity contribution >= 4 is 45.7 Å². The third-order valence-electron chi connectivity index (χ3n) is 3.73. The van der Waals surface area contributed by atoms with Gasteiger partial charge in [-0.3, -0.25) is 4.79 Å². The minimum absolute atomic E-state index is 0. The van der Waals surface area contributed by atoms with Crippen molar-refractivity contribution in [2.75, 3.05) is 18.1 Å². The van der Waals surface area contributed by atoms with Gasteiger partial charge in [-0.15, -0.1) is 12.4 Å². The zero-order valence-corrected chi connectivity index (χ0v) is 14.5. The van der Waals surface area contributed by atoms with E-state index in [0.717, 1.165) is 47.6 Å². The van der Waals surface area contributed by atoms with Crippen molar-refractivity contribution in [1.29, 1.82) is 0 Å². The van der Waals surface area contributed by atoms with E-state index in [1.165, 1.54) is 16.9 Å². The standard InChI is InChI=1S/C15H19NO2S2.ClH/c1-16-13-6-5-11(9-14(13)20-15(16)17)3-2-4-12-10-19-8-7-18-12;/h5-6,9,12H,2-4,7-8,10H2,1H3;1H. The first kappa shape index (κ1) is 16.9. The lowest BCUT2D eigenvalue weighted by Crippen LogP contribution is -2.22. The van der Waals surface area contributed by atoms with E-state index in [0.29, 0.717) is 6.10 Å². The molecular weight excluding hydrogens is 326 g/mol. The number of halogens is 1. The maximum absolute atomic E-state index is 11.6. The molecule has 2 aromatic rings. The lowest BCUT2D eigenvalue weighted by atomic mass is 10.1. The van der Waals surface area contributed by atoms with Gasteiger partial charge in [-0.1, -0.05) is 17.4 Å². The maximum atomic E-state index is 11.6. The van der Waals surface area contributed by atoms with Crippen molar-refractivity contribution in [2.24, 2.45) is 7.05 Å². The molecule has 1 saturated heterocycles. The smallest absolute Gasteiger partial charge is 0.307 e. The van der Waals surface area contributed by atoms with Gasteiger partial charge in [0, 0.05) is 18.6 Å². The quantitative estimate of drug-likeness (QED) is 0.850. The third-order valence-corrected chi connectivity index (χ3v) is 5.79. The Morgan fingerprint density at radius 2 is 2.29 bits per heavy atom. The molecule has 0 N–H and O–H groups in total. The summed E-state index contributed by atoms with van der Waals surface area (Å²) in [6.07, 6.45) is 3.79. The van der Waals surface area contributed by atoms with Gasteiger partial charge < -0.3 is 9.30 Å². The van der Waals surface area contributed by atoms with Crippen LogP contribution in [0.4, 0.5) is 0 Å². The van der Waals surface area contributed by atoms with Crippen LogP contribution in [0.2, 0.25) is 0 Å². The Morgan fingerprint density at radius 1 is 1.43 bits per heavy atom. The van der Waals surface area contributed by atoms with E-state index in [9.17, 15) is 4.79 Å². The fraction of sp³-hybridized carbons (Fsp3) is 0.533. The molecule has 3 rings (SSSR count). The average molecular weight is 346 g/mol. The van der Waals surface area contributed by atoms with E-state index in [1.807, 2.05) is 18.8 Å². The lowest BCUT2D eigenvalue weighted by Gasteiger charge is -2.22. The summed E-state index contributed by atoms with van der Waals surface area (Å²) < 4.78 is 8.56. The van der Waals surface area contributed by atoms with E-state index >= 15 is 0 Å². The van der Waals surface area contributed by atoms with Crippen LogP contribution in [0.25, 0.3) is 10.2 Å². The monoisotopic (exact) mass is 345 g/mol. The highest BCUT2D eigenvalue weighted by molar-refractivity contribution is 7.99. The number of nitrogens with zero attached hydrogens (tertiary/aromatic N) is 1. The van der Waals surface area contributed by atoms with Crippen LogP contribution in [0.1, 0.15) is 18.4 Å². The Labute approximate surface area is 139 Å². The fourth-order valence-electron chi connectivity index (χ4n) is 2.57. The second-order valence-electron chi connectivity index (χ2n) is 5.19. The Morgan fingerprint density at radius 3 is 3.05 bits per heavy atom. The van der Waals surface area contributed by atoms with Crippen LogP contribution in [-0.2, 0) is 18.2 Å². The summed E-state index contributed by atoms with van der Waals surface area (Å²) in [6.45, 7) is 0.902. The summed E-state index contributed by atoms with van der Waals surface area (Å²) >= 11 is 3.33. The highest BCUT2D eigenvalue weighted by atomic mass is 35.5. The van der Waals surface area contributed by atoms with E-state index in [-0.39, 0.29) is 17.3 Å². The first-order chi connectivity index (χ1) is 9.74. The van der Waals surface area contributed by atoms with Crippen molar-refractivity contribution in [2.45, 2.75) is 25.4 Å². The topological polar surface area (TPSA) is 31.2 Å². The number of rotatable bonds is 4. The number of thiazole rings is 1. The normalized spacial score (nSPS) is 18.6. The van der Waals surface area contributed by atoms with Crippen LogP contribution in [0.3, 0.4) is 0 Å². The van der Waals surface area contributed by atoms with Crippen LogP contribution < -0.4 is 4.87 Å². The minimum Gasteiger partial charge on any atom is -0.377 e. The van der Waals surface area contributed by atoms with Gasteiger partial charge in [0.2, 0.25) is 0 Å². The molecule has 2 heterocycles. The van der Waals surface area contributed by atoms with Gasteiger partial charge in [0.05, 0.1) is 22.9 Å². The SMILES string of the molecule is Cl.Cn1c(=O)sc2cc(CCCC3CSCCO3)ccc21. The number of aromatic nitrogens is 1. The molecule has 3 nitrogen and oxygen atoms in total.